The molecule has 156 valence electrons. The smallest absolute Gasteiger partial charge is 0.234 e. The van der Waals surface area contributed by atoms with E-state index >= 15 is 0 Å². The van der Waals surface area contributed by atoms with Crippen molar-refractivity contribution in [3.05, 3.63) is 64.9 Å². The van der Waals surface area contributed by atoms with Crippen LogP contribution < -0.4 is 10.1 Å². The monoisotopic (exact) mass is 444 g/mol. The molecule has 0 aliphatic rings. The van der Waals surface area contributed by atoms with Crippen molar-refractivity contribution in [3.8, 4) is 5.75 Å². The lowest BCUT2D eigenvalue weighted by Crippen LogP contribution is -2.15. The number of amides is 1. The molecular weight excluding hydrogens is 424 g/mol. The van der Waals surface area contributed by atoms with Crippen molar-refractivity contribution >= 4 is 40.7 Å². The molecule has 0 spiro atoms. The number of Topliss-reactive ketones (excluding diaryl/α,β-unsaturated/α-hetero) is 1. The van der Waals surface area contributed by atoms with E-state index in [2.05, 4.69) is 15.5 Å². The van der Waals surface area contributed by atoms with Crippen LogP contribution in [0.3, 0.4) is 0 Å². The van der Waals surface area contributed by atoms with Crippen LogP contribution >= 0.6 is 23.4 Å². The van der Waals surface area contributed by atoms with Crippen LogP contribution in [0.4, 0.5) is 5.69 Å². The van der Waals surface area contributed by atoms with Crippen molar-refractivity contribution in [2.75, 3.05) is 11.1 Å². The molecule has 0 radical (unpaired) electrons. The summed E-state index contributed by atoms with van der Waals surface area (Å²) in [4.78, 5) is 23.6. The molecular formula is C21H21ClN4O3S. The normalized spacial score (nSPS) is 11.7. The van der Waals surface area contributed by atoms with E-state index < -0.39 is 0 Å². The maximum atomic E-state index is 12.2. The van der Waals surface area contributed by atoms with Gasteiger partial charge in [0.2, 0.25) is 5.91 Å². The minimum atomic E-state index is -0.344. The Kier molecular flexibility index (Phi) is 7.12. The number of aromatic nitrogens is 3. The van der Waals surface area contributed by atoms with Crippen LogP contribution in [0.2, 0.25) is 5.02 Å². The van der Waals surface area contributed by atoms with Gasteiger partial charge in [0.1, 0.15) is 5.75 Å². The predicted octanol–water partition coefficient (Wildman–Crippen LogP) is 4.54. The number of thioether (sulfide) groups is 1. The molecule has 2 aromatic carbocycles. The van der Waals surface area contributed by atoms with Gasteiger partial charge >= 0.3 is 0 Å². The molecule has 7 nitrogen and oxygen atoms in total. The second kappa shape index (κ2) is 9.77. The highest BCUT2D eigenvalue weighted by molar-refractivity contribution is 7.99. The summed E-state index contributed by atoms with van der Waals surface area (Å²) in [6.07, 6.45) is -0.344. The van der Waals surface area contributed by atoms with Gasteiger partial charge in [-0.25, -0.2) is 0 Å². The zero-order valence-corrected chi connectivity index (χ0v) is 18.3. The number of nitrogens with one attached hydrogen (secondary N) is 1. The van der Waals surface area contributed by atoms with Crippen molar-refractivity contribution in [1.82, 2.24) is 14.8 Å². The molecule has 0 bridgehead atoms. The number of nitrogens with zero attached hydrogens (tertiary/aromatic N) is 3. The topological polar surface area (TPSA) is 86.1 Å². The quantitative estimate of drug-likeness (QED) is 0.405. The molecule has 3 aromatic rings. The number of benzene rings is 2. The number of ketones is 1. The first kappa shape index (κ1) is 21.9. The Morgan fingerprint density at radius 1 is 1.20 bits per heavy atom. The summed E-state index contributed by atoms with van der Waals surface area (Å²) in [5.74, 6) is 1.25. The number of rotatable bonds is 8. The largest absolute Gasteiger partial charge is 0.483 e. The highest BCUT2D eigenvalue weighted by Crippen LogP contribution is 2.25. The lowest BCUT2D eigenvalue weighted by molar-refractivity contribution is -0.113. The van der Waals surface area contributed by atoms with Gasteiger partial charge in [-0.2, -0.15) is 0 Å². The molecule has 30 heavy (non-hydrogen) atoms. The molecule has 1 unspecified atom stereocenters. The first-order chi connectivity index (χ1) is 14.3. The fourth-order valence-corrected chi connectivity index (χ4v) is 3.62. The van der Waals surface area contributed by atoms with Gasteiger partial charge in [0.15, 0.2) is 22.9 Å². The van der Waals surface area contributed by atoms with E-state index in [4.69, 9.17) is 16.3 Å². The molecule has 1 amide bonds. The molecule has 1 aromatic heterocycles. The highest BCUT2D eigenvalue weighted by atomic mass is 35.5. The highest BCUT2D eigenvalue weighted by Gasteiger charge is 2.18. The summed E-state index contributed by atoms with van der Waals surface area (Å²) in [5, 5.41) is 12.3. The van der Waals surface area contributed by atoms with Gasteiger partial charge in [0.05, 0.1) is 5.75 Å². The van der Waals surface area contributed by atoms with Crippen molar-refractivity contribution in [1.29, 1.82) is 0 Å². The minimum absolute atomic E-state index is 0.0184. The Bertz CT molecular complexity index is 1050. The molecule has 0 saturated carbocycles. The summed E-state index contributed by atoms with van der Waals surface area (Å²) in [7, 11) is 1.83. The van der Waals surface area contributed by atoms with Gasteiger partial charge in [0, 0.05) is 23.3 Å². The zero-order valence-electron chi connectivity index (χ0n) is 16.8. The molecule has 0 aliphatic heterocycles. The third kappa shape index (κ3) is 5.61. The van der Waals surface area contributed by atoms with Gasteiger partial charge < -0.3 is 14.6 Å². The van der Waals surface area contributed by atoms with Crippen LogP contribution in [0.1, 0.15) is 36.1 Å². The lowest BCUT2D eigenvalue weighted by atomic mass is 10.1. The average molecular weight is 445 g/mol. The van der Waals surface area contributed by atoms with Gasteiger partial charge in [-0.3, -0.25) is 9.59 Å². The number of carbonyl (C=O) groups is 2. The standard InChI is InChI=1S/C21H21ClN4O3S/c1-13(27)15-7-9-17(10-8-15)23-19(28)12-30-21-25-24-20(26(21)3)14(2)29-18-6-4-5-16(22)11-18/h4-11,14H,12H2,1-3H3,(H,23,28). The number of hydrogen-bond donors (Lipinski definition) is 1. The van der Waals surface area contributed by atoms with E-state index in [1.807, 2.05) is 26.1 Å². The van der Waals surface area contributed by atoms with Crippen molar-refractivity contribution in [2.24, 2.45) is 7.05 Å². The van der Waals surface area contributed by atoms with Crippen molar-refractivity contribution in [2.45, 2.75) is 25.1 Å². The molecule has 1 atom stereocenters. The van der Waals surface area contributed by atoms with Crippen LogP contribution in [0.25, 0.3) is 0 Å². The maximum absolute atomic E-state index is 12.2. The van der Waals surface area contributed by atoms with E-state index in [9.17, 15) is 9.59 Å². The van der Waals surface area contributed by atoms with Gasteiger partial charge in [-0.05, 0) is 56.3 Å². The third-order valence-corrected chi connectivity index (χ3v) is 5.50. The maximum Gasteiger partial charge on any atom is 0.234 e. The Hall–Kier alpha value is -2.84. The Morgan fingerprint density at radius 2 is 1.93 bits per heavy atom. The van der Waals surface area contributed by atoms with Gasteiger partial charge in [-0.15, -0.1) is 10.2 Å². The fourth-order valence-electron chi connectivity index (χ4n) is 2.72. The second-order valence-corrected chi connectivity index (χ2v) is 7.97. The van der Waals surface area contributed by atoms with E-state index in [-0.39, 0.29) is 23.5 Å². The van der Waals surface area contributed by atoms with Crippen LogP contribution in [0.15, 0.2) is 53.7 Å². The van der Waals surface area contributed by atoms with Crippen molar-refractivity contribution < 1.29 is 14.3 Å². The fraction of sp³-hybridized carbons (Fsp3) is 0.238. The number of ether oxygens (including phenoxy) is 1. The van der Waals surface area contributed by atoms with E-state index in [1.54, 1.807) is 41.0 Å². The van der Waals surface area contributed by atoms with Crippen LogP contribution in [0.5, 0.6) is 5.75 Å². The molecule has 0 saturated heterocycles. The van der Waals surface area contributed by atoms with Gasteiger partial charge in [-0.1, -0.05) is 29.4 Å². The van der Waals surface area contributed by atoms with E-state index in [0.29, 0.717) is 33.0 Å². The van der Waals surface area contributed by atoms with Crippen LogP contribution in [0, 0.1) is 0 Å². The Labute approximate surface area is 183 Å². The Morgan fingerprint density at radius 3 is 2.60 bits per heavy atom. The molecule has 9 heteroatoms. The van der Waals surface area contributed by atoms with Crippen molar-refractivity contribution in [3.63, 3.8) is 0 Å². The SMILES string of the molecule is CC(=O)c1ccc(NC(=O)CSc2nnc(C(C)Oc3cccc(Cl)c3)n2C)cc1. The average Bonchev–Trinajstić information content (AvgIpc) is 3.07. The summed E-state index contributed by atoms with van der Waals surface area (Å²) < 4.78 is 7.69. The zero-order chi connectivity index (χ0) is 21.7. The summed E-state index contributed by atoms with van der Waals surface area (Å²) >= 11 is 7.27. The predicted molar refractivity (Wildman–Crippen MR) is 117 cm³/mol. The molecule has 1 N–H and O–H groups in total. The molecule has 0 fully saturated rings. The van der Waals surface area contributed by atoms with Crippen LogP contribution in [-0.2, 0) is 11.8 Å². The summed E-state index contributed by atoms with van der Waals surface area (Å²) in [6.45, 7) is 3.37. The first-order valence-corrected chi connectivity index (χ1v) is 10.5. The van der Waals surface area contributed by atoms with Crippen LogP contribution in [-0.4, -0.2) is 32.2 Å². The Balaban J connectivity index is 1.56. The number of hydrogen-bond acceptors (Lipinski definition) is 6. The number of anilines is 1. The first-order valence-electron chi connectivity index (χ1n) is 9.18. The molecule has 1 heterocycles. The summed E-state index contributed by atoms with van der Waals surface area (Å²) in [5.41, 5.74) is 1.23. The number of halogens is 1. The lowest BCUT2D eigenvalue weighted by Gasteiger charge is -2.14. The third-order valence-electron chi connectivity index (χ3n) is 4.25. The summed E-state index contributed by atoms with van der Waals surface area (Å²) in [6, 6.07) is 13.9. The molecule has 3 rings (SSSR count). The van der Waals surface area contributed by atoms with E-state index in [0.717, 1.165) is 0 Å². The minimum Gasteiger partial charge on any atom is -0.483 e. The molecule has 0 aliphatic carbocycles. The van der Waals surface area contributed by atoms with E-state index in [1.165, 1.54) is 18.7 Å². The number of carbonyl (C=O) groups excluding carboxylic acids is 2. The second-order valence-electron chi connectivity index (χ2n) is 6.59. The van der Waals surface area contributed by atoms with Gasteiger partial charge in [0.25, 0.3) is 0 Å².